The molecule has 13 heavy (non-hydrogen) atoms. The summed E-state index contributed by atoms with van der Waals surface area (Å²) in [6.45, 7) is 1.47. The van der Waals surface area contributed by atoms with Gasteiger partial charge in [0, 0.05) is 12.1 Å². The van der Waals surface area contributed by atoms with Crippen molar-refractivity contribution in [1.82, 2.24) is 5.32 Å². The van der Waals surface area contributed by atoms with E-state index >= 15 is 0 Å². The molecule has 1 rings (SSSR count). The third-order valence-electron chi connectivity index (χ3n) is 2.11. The third kappa shape index (κ3) is 4.11. The summed E-state index contributed by atoms with van der Waals surface area (Å²) in [5, 5.41) is 3.13. The van der Waals surface area contributed by atoms with Crippen LogP contribution in [0.4, 0.5) is 0 Å². The van der Waals surface area contributed by atoms with E-state index in [1.54, 1.807) is 6.08 Å². The molecule has 0 radical (unpaired) electrons. The van der Waals surface area contributed by atoms with Gasteiger partial charge in [-0.25, -0.2) is 8.42 Å². The molecule has 1 atom stereocenters. The van der Waals surface area contributed by atoms with E-state index in [4.69, 9.17) is 11.6 Å². The zero-order chi connectivity index (χ0) is 9.73. The molecule has 5 heteroatoms. The van der Waals surface area contributed by atoms with Crippen LogP contribution < -0.4 is 5.32 Å². The van der Waals surface area contributed by atoms with Crippen LogP contribution >= 0.6 is 11.6 Å². The van der Waals surface area contributed by atoms with Gasteiger partial charge < -0.3 is 5.32 Å². The smallest absolute Gasteiger partial charge is 0.150 e. The van der Waals surface area contributed by atoms with Crippen molar-refractivity contribution in [3.63, 3.8) is 0 Å². The van der Waals surface area contributed by atoms with Gasteiger partial charge in [0.1, 0.15) is 0 Å². The molecule has 1 N–H and O–H groups in total. The van der Waals surface area contributed by atoms with Gasteiger partial charge in [-0.2, -0.15) is 0 Å². The number of sulfone groups is 1. The molecule has 1 saturated heterocycles. The lowest BCUT2D eigenvalue weighted by Crippen LogP contribution is -2.23. The van der Waals surface area contributed by atoms with Gasteiger partial charge in [0.25, 0.3) is 0 Å². The van der Waals surface area contributed by atoms with Gasteiger partial charge in [0.2, 0.25) is 0 Å². The zero-order valence-corrected chi connectivity index (χ0v) is 8.94. The second kappa shape index (κ2) is 4.98. The van der Waals surface area contributed by atoms with Crippen molar-refractivity contribution < 1.29 is 8.42 Å². The quantitative estimate of drug-likeness (QED) is 0.716. The lowest BCUT2D eigenvalue weighted by atomic mass is 10.1. The molecule has 0 aliphatic carbocycles. The standard InChI is InChI=1S/C8H14ClNO2S/c9-3-1-4-10-6-8-2-5-13(11,12)7-8/h1,3,8,10H,2,4-7H2/b3-1+. The fourth-order valence-electron chi connectivity index (χ4n) is 1.45. The Bertz CT molecular complexity index is 274. The molecule has 0 aromatic carbocycles. The molecule has 1 aliphatic heterocycles. The zero-order valence-electron chi connectivity index (χ0n) is 7.37. The third-order valence-corrected chi connectivity index (χ3v) is 4.13. The van der Waals surface area contributed by atoms with Crippen molar-refractivity contribution in [2.45, 2.75) is 6.42 Å². The summed E-state index contributed by atoms with van der Waals surface area (Å²) in [7, 11) is -2.72. The number of hydrogen-bond donors (Lipinski definition) is 1. The molecule has 3 nitrogen and oxygen atoms in total. The molecule has 0 aromatic heterocycles. The number of halogens is 1. The molecule has 0 bridgehead atoms. The average molecular weight is 224 g/mol. The fourth-order valence-corrected chi connectivity index (χ4v) is 3.40. The highest BCUT2D eigenvalue weighted by Gasteiger charge is 2.26. The lowest BCUT2D eigenvalue weighted by Gasteiger charge is -2.06. The summed E-state index contributed by atoms with van der Waals surface area (Å²) in [4.78, 5) is 0. The van der Waals surface area contributed by atoms with Crippen molar-refractivity contribution in [2.24, 2.45) is 5.92 Å². The molecule has 0 aromatic rings. The summed E-state index contributed by atoms with van der Waals surface area (Å²) >= 11 is 5.33. The van der Waals surface area contributed by atoms with Crippen LogP contribution in [-0.4, -0.2) is 33.0 Å². The van der Waals surface area contributed by atoms with Gasteiger partial charge in [0.15, 0.2) is 9.84 Å². The minimum absolute atomic E-state index is 0.286. The second-order valence-electron chi connectivity index (χ2n) is 3.29. The number of hydrogen-bond acceptors (Lipinski definition) is 3. The number of rotatable bonds is 4. The molecule has 1 unspecified atom stereocenters. The van der Waals surface area contributed by atoms with E-state index in [9.17, 15) is 8.42 Å². The Kier molecular flexibility index (Phi) is 4.22. The van der Waals surface area contributed by atoms with Crippen LogP contribution in [0, 0.1) is 5.92 Å². The molecular formula is C8H14ClNO2S. The lowest BCUT2D eigenvalue weighted by molar-refractivity contribution is 0.539. The Labute approximate surface area is 84.1 Å². The van der Waals surface area contributed by atoms with Crippen LogP contribution in [-0.2, 0) is 9.84 Å². The Balaban J connectivity index is 2.18. The maximum absolute atomic E-state index is 11.1. The second-order valence-corrected chi connectivity index (χ2v) is 5.77. The molecular weight excluding hydrogens is 210 g/mol. The van der Waals surface area contributed by atoms with Crippen LogP contribution in [0.25, 0.3) is 0 Å². The maximum Gasteiger partial charge on any atom is 0.150 e. The molecule has 1 fully saturated rings. The highest BCUT2D eigenvalue weighted by atomic mass is 35.5. The monoisotopic (exact) mass is 223 g/mol. The Morgan fingerprint density at radius 3 is 2.85 bits per heavy atom. The van der Waals surface area contributed by atoms with E-state index in [1.165, 1.54) is 5.54 Å². The Morgan fingerprint density at radius 2 is 2.31 bits per heavy atom. The average Bonchev–Trinajstić information content (AvgIpc) is 2.40. The van der Waals surface area contributed by atoms with Gasteiger partial charge in [-0.1, -0.05) is 17.7 Å². The van der Waals surface area contributed by atoms with Gasteiger partial charge >= 0.3 is 0 Å². The Hall–Kier alpha value is -0.0600. The van der Waals surface area contributed by atoms with Crippen molar-refractivity contribution >= 4 is 21.4 Å². The van der Waals surface area contributed by atoms with Crippen molar-refractivity contribution in [3.05, 3.63) is 11.6 Å². The van der Waals surface area contributed by atoms with E-state index < -0.39 is 9.84 Å². The highest BCUT2D eigenvalue weighted by Crippen LogP contribution is 2.16. The van der Waals surface area contributed by atoms with Crippen LogP contribution in [0.5, 0.6) is 0 Å². The van der Waals surface area contributed by atoms with Gasteiger partial charge in [-0.05, 0) is 18.9 Å². The summed E-state index contributed by atoms with van der Waals surface area (Å²) in [6, 6.07) is 0. The van der Waals surface area contributed by atoms with Gasteiger partial charge in [-0.3, -0.25) is 0 Å². The van der Waals surface area contributed by atoms with Crippen LogP contribution in [0.1, 0.15) is 6.42 Å². The normalized spacial score (nSPS) is 27.0. The molecule has 1 aliphatic rings. The van der Waals surface area contributed by atoms with E-state index in [2.05, 4.69) is 5.32 Å². The first-order chi connectivity index (χ1) is 6.14. The van der Waals surface area contributed by atoms with E-state index in [0.717, 1.165) is 13.0 Å². The first-order valence-corrected chi connectivity index (χ1v) is 6.56. The van der Waals surface area contributed by atoms with Crippen LogP contribution in [0.15, 0.2) is 11.6 Å². The van der Waals surface area contributed by atoms with Gasteiger partial charge in [0.05, 0.1) is 11.5 Å². The van der Waals surface area contributed by atoms with Crippen LogP contribution in [0.2, 0.25) is 0 Å². The van der Waals surface area contributed by atoms with Crippen LogP contribution in [0.3, 0.4) is 0 Å². The predicted octanol–water partition coefficient (Wildman–Crippen LogP) is 0.763. The topological polar surface area (TPSA) is 46.2 Å². The van der Waals surface area contributed by atoms with Gasteiger partial charge in [-0.15, -0.1) is 0 Å². The largest absolute Gasteiger partial charge is 0.313 e. The minimum Gasteiger partial charge on any atom is -0.313 e. The highest BCUT2D eigenvalue weighted by molar-refractivity contribution is 7.91. The van der Waals surface area contributed by atoms with Crippen molar-refractivity contribution in [2.75, 3.05) is 24.6 Å². The first kappa shape index (κ1) is 11.0. The molecule has 76 valence electrons. The summed E-state index contributed by atoms with van der Waals surface area (Å²) in [6.07, 6.45) is 2.59. The maximum atomic E-state index is 11.1. The summed E-state index contributed by atoms with van der Waals surface area (Å²) in [5.74, 6) is 0.976. The molecule has 0 saturated carbocycles. The summed E-state index contributed by atoms with van der Waals surface area (Å²) < 4.78 is 22.1. The Morgan fingerprint density at radius 1 is 1.54 bits per heavy atom. The molecule has 0 spiro atoms. The summed E-state index contributed by atoms with van der Waals surface area (Å²) in [5.41, 5.74) is 1.46. The fraction of sp³-hybridized carbons (Fsp3) is 0.750. The van der Waals surface area contributed by atoms with Crippen molar-refractivity contribution in [1.29, 1.82) is 0 Å². The predicted molar refractivity (Wildman–Crippen MR) is 54.6 cm³/mol. The van der Waals surface area contributed by atoms with Crippen molar-refractivity contribution in [3.8, 4) is 0 Å². The SMILES string of the molecule is O=S1(=O)CCC(CNC/C=C/Cl)C1. The van der Waals surface area contributed by atoms with E-state index in [1.807, 2.05) is 0 Å². The minimum atomic E-state index is -2.72. The molecule has 0 amide bonds. The van der Waals surface area contributed by atoms with E-state index in [-0.39, 0.29) is 5.92 Å². The van der Waals surface area contributed by atoms with E-state index in [0.29, 0.717) is 18.1 Å². The molecule has 1 heterocycles. The first-order valence-electron chi connectivity index (χ1n) is 4.30. The number of nitrogens with one attached hydrogen (secondary N) is 1.